The first kappa shape index (κ1) is 25.5. The van der Waals surface area contributed by atoms with Gasteiger partial charge in [0.15, 0.2) is 17.5 Å². The Morgan fingerprint density at radius 1 is 1.00 bits per heavy atom. The molecule has 0 aliphatic carbocycles. The van der Waals surface area contributed by atoms with Crippen molar-refractivity contribution in [2.75, 3.05) is 46.8 Å². The van der Waals surface area contributed by atoms with Crippen LogP contribution in [-0.4, -0.2) is 52.9 Å². The minimum Gasteiger partial charge on any atom is -0.493 e. The van der Waals surface area contributed by atoms with Gasteiger partial charge in [0.1, 0.15) is 5.82 Å². The van der Waals surface area contributed by atoms with Gasteiger partial charge in [-0.1, -0.05) is 24.3 Å². The van der Waals surface area contributed by atoms with E-state index in [2.05, 4.69) is 27.8 Å². The molecule has 0 radical (unpaired) electrons. The molecule has 1 heterocycles. The Morgan fingerprint density at radius 3 is 2.44 bits per heavy atom. The van der Waals surface area contributed by atoms with E-state index in [1.165, 1.54) is 5.56 Å². The summed E-state index contributed by atoms with van der Waals surface area (Å²) in [5.41, 5.74) is 3.33. The van der Waals surface area contributed by atoms with Gasteiger partial charge in [-0.3, -0.25) is 4.99 Å². The Labute approximate surface area is 207 Å². The molecule has 0 fully saturated rings. The molecule has 0 aliphatic rings. The fraction of sp³-hybridized carbons (Fsp3) is 0.333. The van der Waals surface area contributed by atoms with Crippen LogP contribution in [0, 0.1) is 0 Å². The third-order valence-electron chi connectivity index (χ3n) is 5.07. The van der Waals surface area contributed by atoms with Crippen molar-refractivity contribution in [2.24, 2.45) is 4.99 Å². The van der Waals surface area contributed by atoms with Crippen molar-refractivity contribution in [1.82, 2.24) is 15.6 Å². The van der Waals surface area contributed by atoms with Crippen molar-refractivity contribution in [3.63, 3.8) is 0 Å². The SMILES string of the molecule is CN=C(NCCc1ccc(OC)c(OC)c1)NCc1cc(N(C)C)nc2ccccc12.I. The Hall–Kier alpha value is -2.75. The van der Waals surface area contributed by atoms with E-state index in [1.807, 2.05) is 55.4 Å². The van der Waals surface area contributed by atoms with Crippen LogP contribution in [0.5, 0.6) is 11.5 Å². The van der Waals surface area contributed by atoms with Crippen LogP contribution in [0.4, 0.5) is 5.82 Å². The Bertz CT molecular complexity index is 1060. The van der Waals surface area contributed by atoms with Gasteiger partial charge in [0.05, 0.1) is 19.7 Å². The standard InChI is InChI=1S/C24H31N5O2.HI/c1-25-24(26-13-12-17-10-11-21(30-4)22(14-17)31-5)27-16-18-15-23(29(2)3)28-20-9-7-6-8-19(18)20;/h6-11,14-15H,12-13,16H2,1-5H3,(H2,25,26,27);1H. The molecule has 3 rings (SSSR count). The number of guanidine groups is 1. The maximum absolute atomic E-state index is 5.38. The molecule has 0 aliphatic heterocycles. The summed E-state index contributed by atoms with van der Waals surface area (Å²) in [5, 5.41) is 7.94. The number of halogens is 1. The number of aliphatic imine (C=N–C) groups is 1. The first-order valence-electron chi connectivity index (χ1n) is 10.3. The first-order valence-corrected chi connectivity index (χ1v) is 10.3. The van der Waals surface area contributed by atoms with Crippen molar-refractivity contribution in [3.05, 3.63) is 59.7 Å². The molecule has 0 amide bonds. The summed E-state index contributed by atoms with van der Waals surface area (Å²) in [6.45, 7) is 1.40. The summed E-state index contributed by atoms with van der Waals surface area (Å²) in [4.78, 5) is 11.1. The second kappa shape index (κ2) is 12.3. The Kier molecular flexibility index (Phi) is 9.83. The van der Waals surface area contributed by atoms with Crippen molar-refractivity contribution in [1.29, 1.82) is 0 Å². The van der Waals surface area contributed by atoms with Crippen LogP contribution in [-0.2, 0) is 13.0 Å². The summed E-state index contributed by atoms with van der Waals surface area (Å²) in [6, 6.07) is 16.3. The lowest BCUT2D eigenvalue weighted by molar-refractivity contribution is 0.354. The van der Waals surface area contributed by atoms with Crippen molar-refractivity contribution < 1.29 is 9.47 Å². The first-order chi connectivity index (χ1) is 15.0. The highest BCUT2D eigenvalue weighted by Crippen LogP contribution is 2.27. The van der Waals surface area contributed by atoms with E-state index < -0.39 is 0 Å². The molecular formula is C24H32IN5O2. The zero-order valence-electron chi connectivity index (χ0n) is 19.3. The van der Waals surface area contributed by atoms with Gasteiger partial charge in [-0.25, -0.2) is 4.98 Å². The molecule has 0 unspecified atom stereocenters. The van der Waals surface area contributed by atoms with Crippen LogP contribution in [0.15, 0.2) is 53.5 Å². The number of hydrogen-bond donors (Lipinski definition) is 2. The molecule has 172 valence electrons. The number of rotatable bonds is 8. The molecule has 2 aromatic carbocycles. The molecule has 0 spiro atoms. The maximum atomic E-state index is 5.38. The number of para-hydroxylation sites is 1. The van der Waals surface area contributed by atoms with Gasteiger partial charge < -0.3 is 25.0 Å². The molecule has 1 aromatic heterocycles. The minimum absolute atomic E-state index is 0. The molecule has 3 aromatic rings. The molecule has 2 N–H and O–H groups in total. The summed E-state index contributed by atoms with van der Waals surface area (Å²) in [6.07, 6.45) is 0.837. The van der Waals surface area contributed by atoms with Crippen molar-refractivity contribution in [2.45, 2.75) is 13.0 Å². The highest BCUT2D eigenvalue weighted by Gasteiger charge is 2.09. The number of ether oxygens (including phenoxy) is 2. The van der Waals surface area contributed by atoms with Crippen molar-refractivity contribution >= 4 is 46.7 Å². The average Bonchev–Trinajstić information content (AvgIpc) is 2.80. The van der Waals surface area contributed by atoms with Crippen LogP contribution in [0.25, 0.3) is 10.9 Å². The Morgan fingerprint density at radius 2 is 1.75 bits per heavy atom. The van der Waals surface area contributed by atoms with E-state index in [0.29, 0.717) is 6.54 Å². The van der Waals surface area contributed by atoms with Gasteiger partial charge in [-0.2, -0.15) is 0 Å². The fourth-order valence-corrected chi connectivity index (χ4v) is 3.37. The van der Waals surface area contributed by atoms with E-state index in [-0.39, 0.29) is 24.0 Å². The van der Waals surface area contributed by atoms with Gasteiger partial charge in [0, 0.05) is 39.6 Å². The van der Waals surface area contributed by atoms with Gasteiger partial charge in [0.25, 0.3) is 0 Å². The number of nitrogens with one attached hydrogen (secondary N) is 2. The van der Waals surface area contributed by atoms with Gasteiger partial charge in [-0.15, -0.1) is 24.0 Å². The maximum Gasteiger partial charge on any atom is 0.191 e. The van der Waals surface area contributed by atoms with Crippen molar-refractivity contribution in [3.8, 4) is 11.5 Å². The second-order valence-electron chi connectivity index (χ2n) is 7.34. The molecule has 0 bridgehead atoms. The van der Waals surface area contributed by atoms with Gasteiger partial charge in [0.2, 0.25) is 0 Å². The molecule has 7 nitrogen and oxygen atoms in total. The fourth-order valence-electron chi connectivity index (χ4n) is 3.37. The lowest BCUT2D eigenvalue weighted by Crippen LogP contribution is -2.38. The van der Waals surface area contributed by atoms with E-state index >= 15 is 0 Å². The van der Waals surface area contributed by atoms with E-state index in [4.69, 9.17) is 14.5 Å². The predicted octanol–water partition coefficient (Wildman–Crippen LogP) is 3.84. The Balaban J connectivity index is 0.00000363. The van der Waals surface area contributed by atoms with Crippen LogP contribution in [0.3, 0.4) is 0 Å². The summed E-state index contributed by atoms with van der Waals surface area (Å²) < 4.78 is 10.7. The van der Waals surface area contributed by atoms with E-state index in [9.17, 15) is 0 Å². The predicted molar refractivity (Wildman–Crippen MR) is 143 cm³/mol. The quantitative estimate of drug-likeness (QED) is 0.253. The number of methoxy groups -OCH3 is 2. The van der Waals surface area contributed by atoms with Crippen LogP contribution < -0.4 is 25.0 Å². The highest BCUT2D eigenvalue weighted by molar-refractivity contribution is 14.0. The third-order valence-corrected chi connectivity index (χ3v) is 5.07. The van der Waals surface area contributed by atoms with Crippen LogP contribution >= 0.6 is 24.0 Å². The number of pyridine rings is 1. The second-order valence-corrected chi connectivity index (χ2v) is 7.34. The monoisotopic (exact) mass is 549 g/mol. The lowest BCUT2D eigenvalue weighted by Gasteiger charge is -2.17. The summed E-state index contributed by atoms with van der Waals surface area (Å²) in [5.74, 6) is 3.17. The zero-order chi connectivity index (χ0) is 22.2. The largest absolute Gasteiger partial charge is 0.493 e. The number of aromatic nitrogens is 1. The molecular weight excluding hydrogens is 517 g/mol. The number of hydrogen-bond acceptors (Lipinski definition) is 5. The zero-order valence-corrected chi connectivity index (χ0v) is 21.6. The molecule has 8 heteroatoms. The molecule has 32 heavy (non-hydrogen) atoms. The van der Waals surface area contributed by atoms with Crippen LogP contribution in [0.1, 0.15) is 11.1 Å². The van der Waals surface area contributed by atoms with E-state index in [1.54, 1.807) is 21.3 Å². The molecule has 0 atom stereocenters. The van der Waals surface area contributed by atoms with Crippen LogP contribution in [0.2, 0.25) is 0 Å². The third kappa shape index (κ3) is 6.38. The molecule has 0 saturated carbocycles. The minimum atomic E-state index is 0. The van der Waals surface area contributed by atoms with E-state index in [0.717, 1.165) is 52.7 Å². The normalized spacial score (nSPS) is 11.0. The van der Waals surface area contributed by atoms with Gasteiger partial charge in [-0.05, 0) is 41.8 Å². The number of fused-ring (bicyclic) bond motifs is 1. The average molecular weight is 549 g/mol. The highest BCUT2D eigenvalue weighted by atomic mass is 127. The topological polar surface area (TPSA) is 71.0 Å². The lowest BCUT2D eigenvalue weighted by atomic mass is 10.1. The van der Waals surface area contributed by atoms with Gasteiger partial charge >= 0.3 is 0 Å². The number of benzene rings is 2. The summed E-state index contributed by atoms with van der Waals surface area (Å²) >= 11 is 0. The summed E-state index contributed by atoms with van der Waals surface area (Å²) in [7, 11) is 9.08. The smallest absolute Gasteiger partial charge is 0.191 e. The number of nitrogens with zero attached hydrogens (tertiary/aromatic N) is 3. The number of anilines is 1. The molecule has 0 saturated heterocycles.